The van der Waals surface area contributed by atoms with Crippen LogP contribution in [-0.2, 0) is 21.0 Å². The number of ether oxygens (including phenoxy) is 2. The molecule has 4 aromatic rings. The normalized spacial score (nSPS) is 16.3. The van der Waals surface area contributed by atoms with Crippen molar-refractivity contribution in [1.29, 1.82) is 0 Å². The highest BCUT2D eigenvalue weighted by atomic mass is 16.6. The Bertz CT molecular complexity index is 1540. The molecule has 1 atom stereocenters. The van der Waals surface area contributed by atoms with Gasteiger partial charge in [0, 0.05) is 26.2 Å². The van der Waals surface area contributed by atoms with Crippen molar-refractivity contribution in [3.05, 3.63) is 47.3 Å². The number of nitrogens with zero attached hydrogens (tertiary/aromatic N) is 7. The fraction of sp³-hybridized carbons (Fsp3) is 0.440. The molecule has 1 aliphatic rings. The number of carbonyl (C=O) groups excluding carboxylic acids is 2. The number of amides is 1. The molecule has 0 bridgehead atoms. The molecule has 0 radical (unpaired) electrons. The number of aromatic nitrogens is 6. The minimum absolute atomic E-state index is 0.264. The lowest BCUT2D eigenvalue weighted by atomic mass is 10.1. The molecule has 1 amide bonds. The van der Waals surface area contributed by atoms with Crippen molar-refractivity contribution in [3.8, 4) is 11.4 Å². The van der Waals surface area contributed by atoms with Gasteiger partial charge in [-0.25, -0.2) is 24.1 Å². The highest BCUT2D eigenvalue weighted by Crippen LogP contribution is 2.27. The van der Waals surface area contributed by atoms with Gasteiger partial charge in [-0.3, -0.25) is 13.9 Å². The molecule has 0 aromatic carbocycles. The molecule has 1 aliphatic heterocycles. The maximum atomic E-state index is 13.6. The number of hydrogen-bond acceptors (Lipinski definition) is 8. The van der Waals surface area contributed by atoms with E-state index in [2.05, 4.69) is 10.1 Å². The van der Waals surface area contributed by atoms with Crippen LogP contribution in [0, 0.1) is 0 Å². The van der Waals surface area contributed by atoms with Crippen molar-refractivity contribution in [3.63, 3.8) is 0 Å². The van der Waals surface area contributed by atoms with Crippen molar-refractivity contribution in [2.24, 2.45) is 0 Å². The minimum atomic E-state index is -0.628. The maximum absolute atomic E-state index is 13.6. The highest BCUT2D eigenvalue weighted by Gasteiger charge is 2.31. The zero-order valence-electron chi connectivity index (χ0n) is 21.2. The summed E-state index contributed by atoms with van der Waals surface area (Å²) in [5.74, 6) is -0.0997. The van der Waals surface area contributed by atoms with Crippen LogP contribution in [0.15, 0.2) is 41.6 Å². The lowest BCUT2D eigenvalue weighted by Crippen LogP contribution is -2.45. The molecule has 37 heavy (non-hydrogen) atoms. The number of carbonyl (C=O) groups is 2. The van der Waals surface area contributed by atoms with E-state index in [0.717, 1.165) is 5.52 Å². The van der Waals surface area contributed by atoms with E-state index in [0.29, 0.717) is 41.9 Å². The molecular formula is C25H29N7O5. The third-order valence-electron chi connectivity index (χ3n) is 6.18. The molecule has 0 spiro atoms. The van der Waals surface area contributed by atoms with Crippen LogP contribution in [0.5, 0.6) is 0 Å². The second kappa shape index (κ2) is 9.34. The second-order valence-corrected chi connectivity index (χ2v) is 10.1. The average Bonchev–Trinajstić information content (AvgIpc) is 3.39. The molecule has 1 saturated heterocycles. The Hall–Kier alpha value is -4.22. The van der Waals surface area contributed by atoms with Gasteiger partial charge >= 0.3 is 17.8 Å². The standard InChI is InChI=1S/C25H29N7O5/c1-16(33)36-15-30-20-13-26-21(18-12-27-31-11-6-5-9-19(18)31)28-22(20)32(23(30)34)17-8-7-10-29(14-17)24(35)37-25(2,3)4/h5-6,9,11-13,17H,7-8,10,14-15H2,1-4H3/t17-/m0/s1. The number of piperidine rings is 1. The molecule has 194 valence electrons. The van der Waals surface area contributed by atoms with Gasteiger partial charge in [0.15, 0.2) is 18.2 Å². The van der Waals surface area contributed by atoms with Crippen LogP contribution in [0.2, 0.25) is 0 Å². The molecule has 5 heterocycles. The van der Waals surface area contributed by atoms with Gasteiger partial charge in [-0.15, -0.1) is 0 Å². The van der Waals surface area contributed by atoms with Crippen LogP contribution in [0.4, 0.5) is 4.79 Å². The van der Waals surface area contributed by atoms with Gasteiger partial charge in [0.25, 0.3) is 0 Å². The largest absolute Gasteiger partial charge is 0.444 e. The summed E-state index contributed by atoms with van der Waals surface area (Å²) in [6.07, 6.45) is 6.01. The quantitative estimate of drug-likeness (QED) is 0.386. The summed E-state index contributed by atoms with van der Waals surface area (Å²) in [6.45, 7) is 7.30. The summed E-state index contributed by atoms with van der Waals surface area (Å²) >= 11 is 0. The number of esters is 1. The van der Waals surface area contributed by atoms with Gasteiger partial charge in [-0.05, 0) is 45.7 Å². The molecule has 0 saturated carbocycles. The third kappa shape index (κ3) is 4.78. The van der Waals surface area contributed by atoms with Crippen LogP contribution >= 0.6 is 0 Å². The van der Waals surface area contributed by atoms with E-state index < -0.39 is 23.4 Å². The highest BCUT2D eigenvalue weighted by molar-refractivity contribution is 5.80. The van der Waals surface area contributed by atoms with Gasteiger partial charge in [0.05, 0.1) is 29.5 Å². The van der Waals surface area contributed by atoms with Crippen LogP contribution in [0.3, 0.4) is 0 Å². The number of likely N-dealkylation sites (tertiary alicyclic amines) is 1. The van der Waals surface area contributed by atoms with Crippen LogP contribution in [0.25, 0.3) is 28.1 Å². The molecule has 0 N–H and O–H groups in total. The Morgan fingerprint density at radius 3 is 2.73 bits per heavy atom. The first-order chi connectivity index (χ1) is 17.6. The van der Waals surface area contributed by atoms with Crippen LogP contribution in [-0.4, -0.2) is 64.4 Å². The maximum Gasteiger partial charge on any atom is 0.410 e. The number of rotatable bonds is 4. The average molecular weight is 508 g/mol. The minimum Gasteiger partial charge on any atom is -0.444 e. The lowest BCUT2D eigenvalue weighted by molar-refractivity contribution is -0.144. The Morgan fingerprint density at radius 2 is 1.97 bits per heavy atom. The molecule has 12 nitrogen and oxygen atoms in total. The Morgan fingerprint density at radius 1 is 1.16 bits per heavy atom. The molecule has 0 unspecified atom stereocenters. The van der Waals surface area contributed by atoms with E-state index in [4.69, 9.17) is 14.5 Å². The van der Waals surface area contributed by atoms with E-state index >= 15 is 0 Å². The molecule has 1 fully saturated rings. The van der Waals surface area contributed by atoms with E-state index in [1.165, 1.54) is 11.5 Å². The van der Waals surface area contributed by atoms with E-state index in [-0.39, 0.29) is 19.3 Å². The first-order valence-corrected chi connectivity index (χ1v) is 12.1. The monoisotopic (exact) mass is 507 g/mol. The van der Waals surface area contributed by atoms with Gasteiger partial charge < -0.3 is 14.4 Å². The van der Waals surface area contributed by atoms with Crippen molar-refractivity contribution < 1.29 is 19.1 Å². The van der Waals surface area contributed by atoms with E-state index in [9.17, 15) is 14.4 Å². The summed E-state index contributed by atoms with van der Waals surface area (Å²) < 4.78 is 15.3. The zero-order chi connectivity index (χ0) is 26.3. The van der Waals surface area contributed by atoms with Crippen molar-refractivity contribution in [2.75, 3.05) is 13.1 Å². The third-order valence-corrected chi connectivity index (χ3v) is 6.18. The second-order valence-electron chi connectivity index (χ2n) is 10.1. The van der Waals surface area contributed by atoms with Crippen molar-refractivity contribution in [2.45, 2.75) is 58.9 Å². The zero-order valence-corrected chi connectivity index (χ0v) is 21.2. The molecule has 12 heteroatoms. The summed E-state index contributed by atoms with van der Waals surface area (Å²) in [5, 5.41) is 4.36. The molecule has 4 aromatic heterocycles. The summed E-state index contributed by atoms with van der Waals surface area (Å²) in [7, 11) is 0. The summed E-state index contributed by atoms with van der Waals surface area (Å²) in [4.78, 5) is 48.8. The first kappa shape index (κ1) is 24.5. The fourth-order valence-corrected chi connectivity index (χ4v) is 4.56. The van der Waals surface area contributed by atoms with Crippen LogP contribution in [0.1, 0.15) is 46.6 Å². The van der Waals surface area contributed by atoms with E-state index in [1.54, 1.807) is 26.4 Å². The van der Waals surface area contributed by atoms with Gasteiger partial charge in [0.1, 0.15) is 11.1 Å². The smallest absolute Gasteiger partial charge is 0.410 e. The fourth-order valence-electron chi connectivity index (χ4n) is 4.56. The summed E-state index contributed by atoms with van der Waals surface area (Å²) in [6, 6.07) is 5.34. The van der Waals surface area contributed by atoms with Gasteiger partial charge in [-0.1, -0.05) is 6.07 Å². The Kier molecular flexibility index (Phi) is 6.18. The Balaban J connectivity index is 1.59. The topological polar surface area (TPSA) is 126 Å². The number of pyridine rings is 1. The Labute approximate surface area is 212 Å². The van der Waals surface area contributed by atoms with Crippen molar-refractivity contribution >= 4 is 28.7 Å². The van der Waals surface area contributed by atoms with Crippen LogP contribution < -0.4 is 5.69 Å². The predicted octanol–water partition coefficient (Wildman–Crippen LogP) is 3.00. The molecular weight excluding hydrogens is 478 g/mol. The van der Waals surface area contributed by atoms with E-state index in [1.807, 2.05) is 45.2 Å². The number of imidazole rings is 1. The number of hydrogen-bond donors (Lipinski definition) is 0. The number of fused-ring (bicyclic) bond motifs is 2. The van der Waals surface area contributed by atoms with Gasteiger partial charge in [-0.2, -0.15) is 5.10 Å². The van der Waals surface area contributed by atoms with Gasteiger partial charge in [0.2, 0.25) is 0 Å². The van der Waals surface area contributed by atoms with Crippen molar-refractivity contribution in [1.82, 2.24) is 33.6 Å². The molecule has 0 aliphatic carbocycles. The first-order valence-electron chi connectivity index (χ1n) is 12.1. The predicted molar refractivity (Wildman–Crippen MR) is 134 cm³/mol. The summed E-state index contributed by atoms with van der Waals surface area (Å²) in [5.41, 5.74) is 1.35. The lowest BCUT2D eigenvalue weighted by Gasteiger charge is -2.34. The SMILES string of the molecule is CC(=O)OCn1c(=O)n([C@H]2CCCN(C(=O)OC(C)(C)C)C2)c2nc(-c3cnn4ccccc34)ncc21. The molecule has 5 rings (SSSR count).